The number of amides is 2. The Balaban J connectivity index is 2.00. The molecule has 2 rings (SSSR count). The summed E-state index contributed by atoms with van der Waals surface area (Å²) in [7, 11) is 0. The number of carbonyl (C=O) groups excluding carboxylic acids is 1. The van der Waals surface area contributed by atoms with E-state index in [2.05, 4.69) is 5.32 Å². The lowest BCUT2D eigenvalue weighted by Gasteiger charge is -2.31. The van der Waals surface area contributed by atoms with Gasteiger partial charge in [-0.05, 0) is 43.4 Å². The highest BCUT2D eigenvalue weighted by Gasteiger charge is 2.23. The van der Waals surface area contributed by atoms with Gasteiger partial charge in [-0.3, -0.25) is 0 Å². The number of anilines is 1. The van der Waals surface area contributed by atoms with Crippen molar-refractivity contribution >= 4 is 23.3 Å². The molecule has 0 bridgehead atoms. The van der Waals surface area contributed by atoms with Crippen LogP contribution >= 0.6 is 11.6 Å². The largest absolute Gasteiger partial charge is 0.491 e. The molecule has 1 heterocycles. The average molecular weight is 327 g/mol. The van der Waals surface area contributed by atoms with Crippen molar-refractivity contribution in [3.05, 3.63) is 23.2 Å². The number of urea groups is 1. The highest BCUT2D eigenvalue weighted by atomic mass is 35.5. The summed E-state index contributed by atoms with van der Waals surface area (Å²) < 4.78 is 5.64. The number of aliphatic hydroxyl groups is 1. The van der Waals surface area contributed by atoms with Gasteiger partial charge in [0.15, 0.2) is 0 Å². The first-order chi connectivity index (χ1) is 10.6. The number of hydrogen-bond acceptors (Lipinski definition) is 3. The van der Waals surface area contributed by atoms with Crippen molar-refractivity contribution < 1.29 is 14.6 Å². The van der Waals surface area contributed by atoms with Crippen molar-refractivity contribution in [2.75, 3.05) is 31.6 Å². The van der Waals surface area contributed by atoms with Crippen molar-refractivity contribution in [2.45, 2.75) is 26.2 Å². The fraction of sp³-hybridized carbons (Fsp3) is 0.562. The van der Waals surface area contributed by atoms with Crippen LogP contribution < -0.4 is 10.1 Å². The Labute approximate surface area is 136 Å². The number of rotatable bonds is 5. The van der Waals surface area contributed by atoms with Gasteiger partial charge < -0.3 is 20.1 Å². The van der Waals surface area contributed by atoms with E-state index in [0.29, 0.717) is 42.1 Å². The normalized spacial score (nSPS) is 15.7. The monoisotopic (exact) mass is 326 g/mol. The predicted molar refractivity (Wildman–Crippen MR) is 87.6 cm³/mol. The van der Waals surface area contributed by atoms with Crippen LogP contribution in [0.25, 0.3) is 0 Å². The Hall–Kier alpha value is -1.46. The number of hydrogen-bond donors (Lipinski definition) is 2. The van der Waals surface area contributed by atoms with Crippen LogP contribution in [0.4, 0.5) is 10.5 Å². The minimum absolute atomic E-state index is 0.153. The lowest BCUT2D eigenvalue weighted by Crippen LogP contribution is -2.41. The number of aliphatic hydroxyl groups excluding tert-OH is 1. The van der Waals surface area contributed by atoms with E-state index in [1.807, 2.05) is 6.92 Å². The van der Waals surface area contributed by atoms with E-state index in [-0.39, 0.29) is 12.6 Å². The molecule has 0 aliphatic carbocycles. The molecule has 0 spiro atoms. The van der Waals surface area contributed by atoms with Crippen molar-refractivity contribution in [2.24, 2.45) is 5.92 Å². The number of benzene rings is 1. The van der Waals surface area contributed by atoms with E-state index >= 15 is 0 Å². The van der Waals surface area contributed by atoms with E-state index < -0.39 is 0 Å². The molecule has 1 fully saturated rings. The molecule has 2 N–H and O–H groups in total. The molecule has 2 amide bonds. The van der Waals surface area contributed by atoms with Crippen LogP contribution in [0.15, 0.2) is 18.2 Å². The molecule has 0 saturated carbocycles. The second-order valence-corrected chi connectivity index (χ2v) is 5.97. The summed E-state index contributed by atoms with van der Waals surface area (Å²) in [5.41, 5.74) is 0.593. The van der Waals surface area contributed by atoms with Gasteiger partial charge in [-0.2, -0.15) is 0 Å². The molecule has 0 radical (unpaired) electrons. The van der Waals surface area contributed by atoms with Crippen LogP contribution in [-0.4, -0.2) is 42.3 Å². The van der Waals surface area contributed by atoms with E-state index in [9.17, 15) is 4.79 Å². The standard InChI is InChI=1S/C16H23ClN2O3/c1-2-9-22-15-4-3-13(17)10-14(15)18-16(21)19-7-5-12(11-20)6-8-19/h3-4,10,12,20H,2,5-9,11H2,1H3,(H,18,21). The maximum absolute atomic E-state index is 12.4. The second-order valence-electron chi connectivity index (χ2n) is 5.53. The zero-order valence-electron chi connectivity index (χ0n) is 12.8. The fourth-order valence-electron chi connectivity index (χ4n) is 2.45. The quantitative estimate of drug-likeness (QED) is 0.872. The van der Waals surface area contributed by atoms with E-state index in [1.165, 1.54) is 0 Å². The molecule has 1 aliphatic rings. The summed E-state index contributed by atoms with van der Waals surface area (Å²) in [5, 5.41) is 12.6. The minimum atomic E-state index is -0.153. The Morgan fingerprint density at radius 3 is 2.82 bits per heavy atom. The Bertz CT molecular complexity index is 502. The van der Waals surface area contributed by atoms with E-state index in [4.69, 9.17) is 21.4 Å². The number of likely N-dealkylation sites (tertiary alicyclic amines) is 1. The summed E-state index contributed by atoms with van der Waals surface area (Å²) in [5.74, 6) is 0.934. The zero-order valence-corrected chi connectivity index (χ0v) is 13.6. The first kappa shape index (κ1) is 16.9. The van der Waals surface area contributed by atoms with Gasteiger partial charge in [-0.15, -0.1) is 0 Å². The smallest absolute Gasteiger partial charge is 0.321 e. The lowest BCUT2D eigenvalue weighted by atomic mass is 9.98. The molecule has 1 saturated heterocycles. The van der Waals surface area contributed by atoms with Crippen LogP contribution in [0.1, 0.15) is 26.2 Å². The maximum atomic E-state index is 12.4. The van der Waals surface area contributed by atoms with Gasteiger partial charge in [0.25, 0.3) is 0 Å². The number of carbonyl (C=O) groups is 1. The molecule has 1 aromatic rings. The molecular formula is C16H23ClN2O3. The molecule has 122 valence electrons. The van der Waals surface area contributed by atoms with E-state index in [0.717, 1.165) is 19.3 Å². The lowest BCUT2D eigenvalue weighted by molar-refractivity contribution is 0.143. The Kier molecular flexibility index (Phi) is 6.34. The maximum Gasteiger partial charge on any atom is 0.321 e. The van der Waals surface area contributed by atoms with Gasteiger partial charge in [0.2, 0.25) is 0 Å². The molecule has 0 unspecified atom stereocenters. The highest BCUT2D eigenvalue weighted by molar-refractivity contribution is 6.31. The Morgan fingerprint density at radius 2 is 2.18 bits per heavy atom. The molecule has 22 heavy (non-hydrogen) atoms. The fourth-order valence-corrected chi connectivity index (χ4v) is 2.62. The summed E-state index contributed by atoms with van der Waals surface area (Å²) in [4.78, 5) is 14.1. The van der Waals surface area contributed by atoms with Gasteiger partial charge >= 0.3 is 6.03 Å². The third-order valence-corrected chi connectivity index (χ3v) is 4.04. The van der Waals surface area contributed by atoms with Crippen LogP contribution in [0, 0.1) is 5.92 Å². The van der Waals surface area contributed by atoms with Crippen LogP contribution in [0.5, 0.6) is 5.75 Å². The van der Waals surface area contributed by atoms with Crippen molar-refractivity contribution in [3.8, 4) is 5.75 Å². The molecular weight excluding hydrogens is 304 g/mol. The zero-order chi connectivity index (χ0) is 15.9. The summed E-state index contributed by atoms with van der Waals surface area (Å²) in [6.07, 6.45) is 2.56. The first-order valence-corrected chi connectivity index (χ1v) is 8.11. The molecule has 5 nitrogen and oxygen atoms in total. The topological polar surface area (TPSA) is 61.8 Å². The third kappa shape index (κ3) is 4.52. The van der Waals surface area contributed by atoms with Crippen molar-refractivity contribution in [3.63, 3.8) is 0 Å². The number of ether oxygens (including phenoxy) is 1. The molecule has 6 heteroatoms. The van der Waals surface area contributed by atoms with Crippen molar-refractivity contribution in [1.82, 2.24) is 4.90 Å². The van der Waals surface area contributed by atoms with Gasteiger partial charge in [0, 0.05) is 24.7 Å². The molecule has 1 aliphatic heterocycles. The van der Waals surface area contributed by atoms with Gasteiger partial charge in [-0.25, -0.2) is 4.79 Å². The average Bonchev–Trinajstić information content (AvgIpc) is 2.54. The number of halogens is 1. The van der Waals surface area contributed by atoms with Crippen LogP contribution in [-0.2, 0) is 0 Å². The predicted octanol–water partition coefficient (Wildman–Crippen LogP) is 3.37. The molecule has 0 aromatic heterocycles. The summed E-state index contributed by atoms with van der Waals surface area (Å²) in [6.45, 7) is 4.12. The SMILES string of the molecule is CCCOc1ccc(Cl)cc1NC(=O)N1CCC(CO)CC1. The number of nitrogens with one attached hydrogen (secondary N) is 1. The van der Waals surface area contributed by atoms with Gasteiger partial charge in [-0.1, -0.05) is 18.5 Å². The summed E-state index contributed by atoms with van der Waals surface area (Å²) >= 11 is 6.01. The van der Waals surface area contributed by atoms with E-state index in [1.54, 1.807) is 23.1 Å². The molecule has 1 aromatic carbocycles. The number of piperidine rings is 1. The third-order valence-electron chi connectivity index (χ3n) is 3.80. The van der Waals surface area contributed by atoms with Crippen molar-refractivity contribution in [1.29, 1.82) is 0 Å². The summed E-state index contributed by atoms with van der Waals surface area (Å²) in [6, 6.07) is 5.06. The molecule has 0 atom stereocenters. The second kappa shape index (κ2) is 8.25. The highest BCUT2D eigenvalue weighted by Crippen LogP contribution is 2.29. The first-order valence-electron chi connectivity index (χ1n) is 7.73. The van der Waals surface area contributed by atoms with Crippen LogP contribution in [0.3, 0.4) is 0 Å². The minimum Gasteiger partial charge on any atom is -0.491 e. The van der Waals surface area contributed by atoms with Gasteiger partial charge in [0.05, 0.1) is 12.3 Å². The van der Waals surface area contributed by atoms with Gasteiger partial charge in [0.1, 0.15) is 5.75 Å². The Morgan fingerprint density at radius 1 is 1.45 bits per heavy atom. The number of nitrogens with zero attached hydrogens (tertiary/aromatic N) is 1. The van der Waals surface area contributed by atoms with Crippen LogP contribution in [0.2, 0.25) is 5.02 Å².